The van der Waals surface area contributed by atoms with Gasteiger partial charge in [-0.1, -0.05) is 12.1 Å². The van der Waals surface area contributed by atoms with Gasteiger partial charge in [0.25, 0.3) is 5.91 Å². The Balaban J connectivity index is 1.62. The van der Waals surface area contributed by atoms with Crippen LogP contribution in [0.15, 0.2) is 41.3 Å². The first-order valence-electron chi connectivity index (χ1n) is 9.99. The summed E-state index contributed by atoms with van der Waals surface area (Å²) in [4.78, 5) is 20.0. The molecule has 1 aliphatic heterocycles. The van der Waals surface area contributed by atoms with Crippen LogP contribution >= 0.6 is 11.3 Å². The molecule has 6 nitrogen and oxygen atoms in total. The monoisotopic (exact) mass is 443 g/mol. The van der Waals surface area contributed by atoms with E-state index >= 15 is 0 Å². The van der Waals surface area contributed by atoms with Crippen LogP contribution in [0.3, 0.4) is 0 Å². The van der Waals surface area contributed by atoms with Gasteiger partial charge in [0.2, 0.25) is 10.0 Å². The number of benzene rings is 2. The normalized spacial score (nSPS) is 17.4. The summed E-state index contributed by atoms with van der Waals surface area (Å²) in [5, 5.41) is 1.06. The predicted octanol–water partition coefficient (Wildman–Crippen LogP) is 3.84. The summed E-state index contributed by atoms with van der Waals surface area (Å²) in [5.74, 6) is 0.0728. The molecule has 1 amide bonds. The van der Waals surface area contributed by atoms with E-state index in [2.05, 4.69) is 10.8 Å². The van der Waals surface area contributed by atoms with Gasteiger partial charge in [-0.05, 0) is 69.1 Å². The number of hydrogen-bond acceptors (Lipinski definition) is 5. The fraction of sp³-hybridized carbons (Fsp3) is 0.364. The number of carbonyl (C=O) groups is 1. The minimum absolute atomic E-state index is 0.128. The van der Waals surface area contributed by atoms with E-state index in [9.17, 15) is 13.2 Å². The van der Waals surface area contributed by atoms with Gasteiger partial charge in [-0.25, -0.2) is 18.1 Å². The molecule has 4 rings (SSSR count). The van der Waals surface area contributed by atoms with Gasteiger partial charge in [0.05, 0.1) is 20.1 Å². The number of sulfonamides is 1. The number of piperidine rings is 1. The SMILES string of the molecule is CNS(=O)(=O)c1cc(C(=O)N2CCC[C@H](c3nc4ccccc4s3)C2)cc(C)c1C. The molecular formula is C22H25N3O3S2. The molecule has 0 unspecified atom stereocenters. The van der Waals surface area contributed by atoms with Crippen molar-refractivity contribution < 1.29 is 13.2 Å². The minimum Gasteiger partial charge on any atom is -0.338 e. The molecule has 1 aliphatic rings. The molecule has 2 heterocycles. The Hall–Kier alpha value is -2.29. The van der Waals surface area contributed by atoms with Crippen LogP contribution in [0.25, 0.3) is 10.2 Å². The quantitative estimate of drug-likeness (QED) is 0.664. The Bertz CT molecular complexity index is 1180. The van der Waals surface area contributed by atoms with Crippen LogP contribution in [0.5, 0.6) is 0 Å². The van der Waals surface area contributed by atoms with E-state index < -0.39 is 10.0 Å². The Morgan fingerprint density at radius 2 is 2.00 bits per heavy atom. The van der Waals surface area contributed by atoms with Crippen molar-refractivity contribution >= 4 is 37.5 Å². The zero-order valence-corrected chi connectivity index (χ0v) is 18.9. The summed E-state index contributed by atoms with van der Waals surface area (Å²) in [5.41, 5.74) is 2.86. The number of nitrogens with zero attached hydrogens (tertiary/aromatic N) is 2. The molecule has 0 saturated carbocycles. The Morgan fingerprint density at radius 3 is 2.73 bits per heavy atom. The van der Waals surface area contributed by atoms with Crippen molar-refractivity contribution in [2.45, 2.75) is 37.5 Å². The largest absolute Gasteiger partial charge is 0.338 e. The molecule has 8 heteroatoms. The van der Waals surface area contributed by atoms with Gasteiger partial charge in [-0.2, -0.15) is 0 Å². The van der Waals surface area contributed by atoms with E-state index in [-0.39, 0.29) is 16.7 Å². The zero-order valence-electron chi connectivity index (χ0n) is 17.3. The van der Waals surface area contributed by atoms with Crippen molar-refractivity contribution in [2.24, 2.45) is 0 Å². The summed E-state index contributed by atoms with van der Waals surface area (Å²) in [6, 6.07) is 11.4. The van der Waals surface area contributed by atoms with Crippen LogP contribution in [0, 0.1) is 13.8 Å². The van der Waals surface area contributed by atoms with Crippen molar-refractivity contribution in [3.8, 4) is 0 Å². The molecule has 1 N–H and O–H groups in total. The Kier molecular flexibility index (Phi) is 5.65. The van der Waals surface area contributed by atoms with E-state index in [4.69, 9.17) is 4.98 Å². The second-order valence-electron chi connectivity index (χ2n) is 7.73. The van der Waals surface area contributed by atoms with Gasteiger partial charge in [0, 0.05) is 24.6 Å². The lowest BCUT2D eigenvalue weighted by Gasteiger charge is -2.32. The van der Waals surface area contributed by atoms with Gasteiger partial charge in [-0.3, -0.25) is 4.79 Å². The van der Waals surface area contributed by atoms with Crippen LogP contribution in [-0.2, 0) is 10.0 Å². The topological polar surface area (TPSA) is 79.4 Å². The molecule has 1 fully saturated rings. The molecule has 0 aliphatic carbocycles. The van der Waals surface area contributed by atoms with Gasteiger partial charge in [-0.15, -0.1) is 11.3 Å². The number of hydrogen-bond donors (Lipinski definition) is 1. The number of aromatic nitrogens is 1. The number of para-hydroxylation sites is 1. The van der Waals surface area contributed by atoms with E-state index in [1.165, 1.54) is 13.1 Å². The van der Waals surface area contributed by atoms with Crippen LogP contribution in [0.4, 0.5) is 0 Å². The molecule has 1 atom stereocenters. The number of thiazole rings is 1. The number of likely N-dealkylation sites (tertiary alicyclic amines) is 1. The van der Waals surface area contributed by atoms with Crippen LogP contribution in [-0.4, -0.2) is 44.3 Å². The first kappa shape index (κ1) is 21.0. The molecule has 0 radical (unpaired) electrons. The number of nitrogens with one attached hydrogen (secondary N) is 1. The average molecular weight is 444 g/mol. The predicted molar refractivity (Wildman–Crippen MR) is 120 cm³/mol. The lowest BCUT2D eigenvalue weighted by molar-refractivity contribution is 0.0706. The van der Waals surface area contributed by atoms with Crippen LogP contribution in [0.2, 0.25) is 0 Å². The minimum atomic E-state index is -3.64. The van der Waals surface area contributed by atoms with Crippen molar-refractivity contribution in [3.05, 3.63) is 58.1 Å². The molecule has 1 saturated heterocycles. The number of fused-ring (bicyclic) bond motifs is 1. The third-order valence-corrected chi connectivity index (χ3v) is 8.53. The van der Waals surface area contributed by atoms with E-state index in [0.29, 0.717) is 24.2 Å². The lowest BCUT2D eigenvalue weighted by Crippen LogP contribution is -2.39. The third kappa shape index (κ3) is 3.87. The molecule has 0 spiro atoms. The second kappa shape index (κ2) is 8.09. The average Bonchev–Trinajstić information content (AvgIpc) is 3.19. The summed E-state index contributed by atoms with van der Waals surface area (Å²) in [7, 11) is -2.25. The molecule has 0 bridgehead atoms. The molecule has 2 aromatic carbocycles. The highest BCUT2D eigenvalue weighted by molar-refractivity contribution is 7.89. The number of aryl methyl sites for hydroxylation is 1. The summed E-state index contributed by atoms with van der Waals surface area (Å²) < 4.78 is 28.3. The standard InChI is InChI=1S/C22H25N3O3S2/c1-14-11-17(12-20(15(14)2)30(27,28)23-3)22(26)25-10-6-7-16(13-25)21-24-18-8-4-5-9-19(18)29-21/h4-5,8-9,11-12,16,23H,6-7,10,13H2,1-3H3/t16-/m0/s1. The van der Waals surface area contributed by atoms with Gasteiger partial charge < -0.3 is 4.90 Å². The lowest BCUT2D eigenvalue weighted by atomic mass is 9.97. The zero-order chi connectivity index (χ0) is 21.5. The van der Waals surface area contributed by atoms with Crippen LogP contribution in [0.1, 0.15) is 45.3 Å². The summed E-state index contributed by atoms with van der Waals surface area (Å²) in [6.45, 7) is 4.86. The molecule has 1 aromatic heterocycles. The smallest absolute Gasteiger partial charge is 0.253 e. The van der Waals surface area contributed by atoms with Crippen molar-refractivity contribution in [3.63, 3.8) is 0 Å². The van der Waals surface area contributed by atoms with E-state index in [0.717, 1.165) is 33.6 Å². The number of rotatable bonds is 4. The number of amides is 1. The highest BCUT2D eigenvalue weighted by atomic mass is 32.2. The fourth-order valence-electron chi connectivity index (χ4n) is 3.95. The van der Waals surface area contributed by atoms with Gasteiger partial charge in [0.15, 0.2) is 0 Å². The van der Waals surface area contributed by atoms with Crippen molar-refractivity contribution in [1.82, 2.24) is 14.6 Å². The molecular weight excluding hydrogens is 418 g/mol. The highest BCUT2D eigenvalue weighted by Crippen LogP contribution is 2.33. The third-order valence-electron chi connectivity index (χ3n) is 5.79. The maximum Gasteiger partial charge on any atom is 0.253 e. The van der Waals surface area contributed by atoms with Crippen molar-refractivity contribution in [1.29, 1.82) is 0 Å². The van der Waals surface area contributed by atoms with Gasteiger partial charge in [0.1, 0.15) is 0 Å². The number of carbonyl (C=O) groups excluding carboxylic acids is 1. The second-order valence-corrected chi connectivity index (χ2v) is 10.7. The van der Waals surface area contributed by atoms with E-state index in [1.807, 2.05) is 30.0 Å². The first-order valence-corrected chi connectivity index (χ1v) is 12.3. The van der Waals surface area contributed by atoms with Gasteiger partial charge >= 0.3 is 0 Å². The highest BCUT2D eigenvalue weighted by Gasteiger charge is 2.29. The molecule has 30 heavy (non-hydrogen) atoms. The first-order chi connectivity index (χ1) is 14.3. The van der Waals surface area contributed by atoms with E-state index in [1.54, 1.807) is 24.3 Å². The van der Waals surface area contributed by atoms with Crippen LogP contribution < -0.4 is 4.72 Å². The Labute approximate surface area is 181 Å². The fourth-order valence-corrected chi connectivity index (χ4v) is 6.11. The maximum absolute atomic E-state index is 13.3. The molecule has 158 valence electrons. The Morgan fingerprint density at radius 1 is 1.23 bits per heavy atom. The summed E-state index contributed by atoms with van der Waals surface area (Å²) >= 11 is 1.69. The van der Waals surface area contributed by atoms with Crippen molar-refractivity contribution in [2.75, 3.05) is 20.1 Å². The maximum atomic E-state index is 13.3. The summed E-state index contributed by atoms with van der Waals surface area (Å²) in [6.07, 6.45) is 1.90. The molecule has 3 aromatic rings.